The summed E-state index contributed by atoms with van der Waals surface area (Å²) in [4.78, 5) is 11.6. The van der Waals surface area contributed by atoms with Gasteiger partial charge in [-0.25, -0.2) is 5.43 Å². The summed E-state index contributed by atoms with van der Waals surface area (Å²) >= 11 is 0. The lowest BCUT2D eigenvalue weighted by Crippen LogP contribution is -2.24. The average Bonchev–Trinajstić information content (AvgIpc) is 2.55. The largest absolute Gasteiger partial charge is 0.484 e. The molecule has 1 amide bonds. The van der Waals surface area contributed by atoms with E-state index < -0.39 is 0 Å². The Labute approximate surface area is 130 Å². The third-order valence-electron chi connectivity index (χ3n) is 3.03. The maximum Gasteiger partial charge on any atom is 0.277 e. The second-order valence-electron chi connectivity index (χ2n) is 4.89. The maximum atomic E-state index is 11.6. The summed E-state index contributed by atoms with van der Waals surface area (Å²) < 4.78 is 5.42. The number of hydrazone groups is 1. The molecule has 0 aliphatic heterocycles. The molecule has 4 heteroatoms. The average molecular weight is 296 g/mol. The van der Waals surface area contributed by atoms with Gasteiger partial charge in [-0.3, -0.25) is 4.79 Å². The van der Waals surface area contributed by atoms with Crippen LogP contribution in [-0.4, -0.2) is 18.7 Å². The molecule has 0 spiro atoms. The SMILES string of the molecule is CCCc1ccc(OCC(=O)N/N=C\c2ccccc2)cc1. The lowest BCUT2D eigenvalue weighted by atomic mass is 10.1. The number of carbonyl (C=O) groups excluding carboxylic acids is 1. The van der Waals surface area contributed by atoms with Gasteiger partial charge >= 0.3 is 0 Å². The van der Waals surface area contributed by atoms with Crippen molar-refractivity contribution in [1.29, 1.82) is 0 Å². The number of aryl methyl sites for hydroxylation is 1. The van der Waals surface area contributed by atoms with E-state index in [1.807, 2.05) is 54.6 Å². The molecule has 0 fully saturated rings. The zero-order valence-electron chi connectivity index (χ0n) is 12.7. The van der Waals surface area contributed by atoms with Gasteiger partial charge in [0.2, 0.25) is 0 Å². The maximum absolute atomic E-state index is 11.6. The summed E-state index contributed by atoms with van der Waals surface area (Å²) in [7, 11) is 0. The fourth-order valence-electron chi connectivity index (χ4n) is 1.94. The van der Waals surface area contributed by atoms with Crippen molar-refractivity contribution in [2.24, 2.45) is 5.10 Å². The van der Waals surface area contributed by atoms with Gasteiger partial charge in [0.15, 0.2) is 6.61 Å². The van der Waals surface area contributed by atoms with Gasteiger partial charge in [0.05, 0.1) is 6.21 Å². The summed E-state index contributed by atoms with van der Waals surface area (Å²) in [6.45, 7) is 2.09. The van der Waals surface area contributed by atoms with E-state index in [0.717, 1.165) is 18.4 Å². The van der Waals surface area contributed by atoms with Crippen LogP contribution in [0.5, 0.6) is 5.75 Å². The minimum atomic E-state index is -0.287. The zero-order chi connectivity index (χ0) is 15.6. The summed E-state index contributed by atoms with van der Waals surface area (Å²) in [5.74, 6) is 0.395. The number of nitrogens with zero attached hydrogens (tertiary/aromatic N) is 1. The Hall–Kier alpha value is -2.62. The topological polar surface area (TPSA) is 50.7 Å². The number of carbonyl (C=O) groups is 1. The predicted octanol–water partition coefficient (Wildman–Crippen LogP) is 3.17. The van der Waals surface area contributed by atoms with Crippen LogP contribution in [0.3, 0.4) is 0 Å². The standard InChI is InChI=1S/C18H20N2O2/c1-2-6-15-9-11-17(12-10-15)22-14-18(21)20-19-13-16-7-4-3-5-8-16/h3-5,7-13H,2,6,14H2,1H3,(H,20,21)/b19-13-. The molecule has 0 heterocycles. The van der Waals surface area contributed by atoms with Gasteiger partial charge in [-0.1, -0.05) is 55.8 Å². The summed E-state index contributed by atoms with van der Waals surface area (Å²) in [6, 6.07) is 17.4. The Morgan fingerprint density at radius 3 is 2.55 bits per heavy atom. The number of nitrogens with one attached hydrogen (secondary N) is 1. The van der Waals surface area contributed by atoms with E-state index in [2.05, 4.69) is 17.5 Å². The van der Waals surface area contributed by atoms with Crippen LogP contribution in [0, 0.1) is 0 Å². The second-order valence-corrected chi connectivity index (χ2v) is 4.89. The van der Waals surface area contributed by atoms with Crippen molar-refractivity contribution in [3.63, 3.8) is 0 Å². The van der Waals surface area contributed by atoms with Crippen molar-refractivity contribution in [2.45, 2.75) is 19.8 Å². The van der Waals surface area contributed by atoms with Gasteiger partial charge in [-0.2, -0.15) is 5.10 Å². The molecule has 2 aromatic rings. The van der Waals surface area contributed by atoms with Crippen LogP contribution in [0.4, 0.5) is 0 Å². The minimum Gasteiger partial charge on any atom is -0.484 e. The first-order valence-electron chi connectivity index (χ1n) is 7.36. The molecule has 4 nitrogen and oxygen atoms in total. The van der Waals surface area contributed by atoms with E-state index in [1.165, 1.54) is 5.56 Å². The lowest BCUT2D eigenvalue weighted by molar-refractivity contribution is -0.123. The number of hydrogen-bond acceptors (Lipinski definition) is 3. The number of ether oxygens (including phenoxy) is 1. The highest BCUT2D eigenvalue weighted by Gasteiger charge is 2.01. The van der Waals surface area contributed by atoms with Gasteiger partial charge in [0, 0.05) is 0 Å². The smallest absolute Gasteiger partial charge is 0.277 e. The first kappa shape index (κ1) is 15.8. The monoisotopic (exact) mass is 296 g/mol. The molecule has 0 aliphatic rings. The van der Waals surface area contributed by atoms with Gasteiger partial charge < -0.3 is 4.74 Å². The van der Waals surface area contributed by atoms with E-state index in [9.17, 15) is 4.79 Å². The molecule has 0 radical (unpaired) electrons. The van der Waals surface area contributed by atoms with E-state index in [1.54, 1.807) is 6.21 Å². The van der Waals surface area contributed by atoms with Crippen LogP contribution in [0.1, 0.15) is 24.5 Å². The number of rotatable bonds is 7. The molecular weight excluding hydrogens is 276 g/mol. The Balaban J connectivity index is 1.74. The fourth-order valence-corrected chi connectivity index (χ4v) is 1.94. The van der Waals surface area contributed by atoms with Crippen LogP contribution in [0.25, 0.3) is 0 Å². The molecule has 0 unspecified atom stereocenters. The molecule has 1 N–H and O–H groups in total. The van der Waals surface area contributed by atoms with E-state index in [0.29, 0.717) is 5.75 Å². The molecule has 2 aromatic carbocycles. The Morgan fingerprint density at radius 2 is 1.86 bits per heavy atom. The van der Waals surface area contributed by atoms with Crippen LogP contribution in [0.15, 0.2) is 59.7 Å². The molecule has 2 rings (SSSR count). The minimum absolute atomic E-state index is 0.0563. The van der Waals surface area contributed by atoms with Crippen LogP contribution in [-0.2, 0) is 11.2 Å². The Kier molecular flexibility index (Phi) is 6.18. The molecule has 0 aliphatic carbocycles. The van der Waals surface area contributed by atoms with Gasteiger partial charge in [0.1, 0.15) is 5.75 Å². The molecule has 114 valence electrons. The fraction of sp³-hybridized carbons (Fsp3) is 0.222. The molecule has 0 aromatic heterocycles. The lowest BCUT2D eigenvalue weighted by Gasteiger charge is -2.06. The predicted molar refractivity (Wildman–Crippen MR) is 88.1 cm³/mol. The Morgan fingerprint density at radius 1 is 1.14 bits per heavy atom. The molecular formula is C18H20N2O2. The third kappa shape index (κ3) is 5.40. The van der Waals surface area contributed by atoms with Gasteiger partial charge in [-0.05, 0) is 29.7 Å². The zero-order valence-corrected chi connectivity index (χ0v) is 12.7. The van der Waals surface area contributed by atoms with Gasteiger partial charge in [0.25, 0.3) is 5.91 Å². The normalized spacial score (nSPS) is 10.6. The molecule has 0 saturated carbocycles. The highest BCUT2D eigenvalue weighted by atomic mass is 16.5. The van der Waals surface area contributed by atoms with Crippen LogP contribution in [0.2, 0.25) is 0 Å². The van der Waals surface area contributed by atoms with Crippen LogP contribution < -0.4 is 10.2 Å². The van der Waals surface area contributed by atoms with Crippen molar-refractivity contribution in [3.8, 4) is 5.75 Å². The first-order chi connectivity index (χ1) is 10.8. The van der Waals surface area contributed by atoms with Gasteiger partial charge in [-0.15, -0.1) is 0 Å². The molecule has 0 bridgehead atoms. The number of benzene rings is 2. The van der Waals surface area contributed by atoms with E-state index >= 15 is 0 Å². The molecule has 0 saturated heterocycles. The van der Waals surface area contributed by atoms with Crippen LogP contribution >= 0.6 is 0 Å². The van der Waals surface area contributed by atoms with E-state index in [-0.39, 0.29) is 12.5 Å². The first-order valence-corrected chi connectivity index (χ1v) is 7.36. The third-order valence-corrected chi connectivity index (χ3v) is 3.03. The number of amides is 1. The van der Waals surface area contributed by atoms with Crippen molar-refractivity contribution in [2.75, 3.05) is 6.61 Å². The summed E-state index contributed by atoms with van der Waals surface area (Å²) in [5.41, 5.74) is 4.63. The molecule has 0 atom stereocenters. The quantitative estimate of drug-likeness (QED) is 0.630. The van der Waals surface area contributed by atoms with Crippen molar-refractivity contribution < 1.29 is 9.53 Å². The number of hydrogen-bond donors (Lipinski definition) is 1. The molecule has 22 heavy (non-hydrogen) atoms. The Bertz CT molecular complexity index is 607. The second kappa shape index (κ2) is 8.62. The van der Waals surface area contributed by atoms with E-state index in [4.69, 9.17) is 4.74 Å². The summed E-state index contributed by atoms with van der Waals surface area (Å²) in [5, 5.41) is 3.89. The van der Waals surface area contributed by atoms with Crippen molar-refractivity contribution in [1.82, 2.24) is 5.43 Å². The van der Waals surface area contributed by atoms with Crippen molar-refractivity contribution in [3.05, 3.63) is 65.7 Å². The highest BCUT2D eigenvalue weighted by molar-refractivity contribution is 5.82. The van der Waals surface area contributed by atoms with Crippen molar-refractivity contribution >= 4 is 12.1 Å². The summed E-state index contributed by atoms with van der Waals surface area (Å²) in [6.07, 6.45) is 3.76. The highest BCUT2D eigenvalue weighted by Crippen LogP contribution is 2.13.